The van der Waals surface area contributed by atoms with Crippen molar-refractivity contribution in [1.82, 2.24) is 0 Å². The quantitative estimate of drug-likeness (QED) is 0.303. The van der Waals surface area contributed by atoms with Gasteiger partial charge in [0.1, 0.15) is 11.1 Å². The Morgan fingerprint density at radius 1 is 0.400 bits per heavy atom. The van der Waals surface area contributed by atoms with Crippen molar-refractivity contribution in [2.75, 3.05) is 0 Å². The van der Waals surface area contributed by atoms with Gasteiger partial charge in [0.15, 0.2) is 58.9 Å². The van der Waals surface area contributed by atoms with Crippen LogP contribution in [0.3, 0.4) is 0 Å². The third-order valence-corrected chi connectivity index (χ3v) is 4.43. The highest BCUT2D eigenvalue weighted by Gasteiger charge is 2.65. The number of hydrogen-bond acceptors (Lipinski definition) is 0. The Balaban J connectivity index is 2.65. The molecule has 4 aliphatic rings. The summed E-state index contributed by atoms with van der Waals surface area (Å²) in [6, 6.07) is 0. The minimum Gasteiger partial charge on any atom is -0.238 e. The van der Waals surface area contributed by atoms with E-state index in [1.807, 2.05) is 0 Å². The molecule has 0 aromatic heterocycles. The van der Waals surface area contributed by atoms with E-state index >= 15 is 0 Å². The second kappa shape index (κ2) is 6.48. The van der Waals surface area contributed by atoms with E-state index in [-0.39, 0.29) is 0 Å². The van der Waals surface area contributed by atoms with Gasteiger partial charge in [0.05, 0.1) is 11.1 Å². The van der Waals surface area contributed by atoms with Crippen molar-refractivity contribution in [1.29, 1.82) is 0 Å². The predicted molar refractivity (Wildman–Crippen MR) is 68.0 cm³/mol. The van der Waals surface area contributed by atoms with E-state index in [0.29, 0.717) is 0 Å². The van der Waals surface area contributed by atoms with Crippen LogP contribution in [0, 0.1) is 46.5 Å². The van der Waals surface area contributed by atoms with Gasteiger partial charge in [0.2, 0.25) is 0 Å². The third kappa shape index (κ3) is 2.47. The van der Waals surface area contributed by atoms with E-state index in [9.17, 15) is 61.5 Å². The average molecular weight is 460 g/mol. The zero-order chi connectivity index (χ0) is 23.1. The van der Waals surface area contributed by atoms with Gasteiger partial charge in [-0.15, -0.1) is 0 Å². The van der Waals surface area contributed by atoms with E-state index < -0.39 is 93.0 Å². The van der Waals surface area contributed by atoms with Gasteiger partial charge in [-0.05, 0) is 0 Å². The smallest absolute Gasteiger partial charge is 0.238 e. The van der Waals surface area contributed by atoms with Crippen molar-refractivity contribution in [3.05, 3.63) is 68.8 Å². The van der Waals surface area contributed by atoms with Crippen LogP contribution in [0.4, 0.5) is 61.5 Å². The maximum absolute atomic E-state index is 14.2. The van der Waals surface area contributed by atoms with Crippen LogP contribution in [-0.2, 0) is 11.8 Å². The number of benzene rings is 2. The second-order valence-corrected chi connectivity index (χ2v) is 6.04. The summed E-state index contributed by atoms with van der Waals surface area (Å²) in [4.78, 5) is 0. The molecule has 4 bridgehead atoms. The molecule has 0 nitrogen and oxygen atoms in total. The van der Waals surface area contributed by atoms with Crippen molar-refractivity contribution < 1.29 is 61.5 Å². The standard InChI is InChI=1S/C16H2F14/c17-5-1-7(19)11(23)3(12(24)8(1)20)15(27,28)16(29,30)4-13(25)9(21)2(6(5)18)10(22)14(4)26/h5-6H. The van der Waals surface area contributed by atoms with Crippen molar-refractivity contribution in [2.24, 2.45) is 0 Å². The topological polar surface area (TPSA) is 0 Å². The van der Waals surface area contributed by atoms with Gasteiger partial charge in [-0.2, -0.15) is 17.6 Å². The Morgan fingerprint density at radius 3 is 0.800 bits per heavy atom. The molecule has 0 fully saturated rings. The van der Waals surface area contributed by atoms with Gasteiger partial charge in [-0.1, -0.05) is 0 Å². The van der Waals surface area contributed by atoms with Gasteiger partial charge in [0, 0.05) is 0 Å². The first-order chi connectivity index (χ1) is 13.6. The molecular formula is C16H2F14. The molecule has 30 heavy (non-hydrogen) atoms. The average Bonchev–Trinajstić information content (AvgIpc) is 2.64. The highest BCUT2D eigenvalue weighted by Crippen LogP contribution is 2.55. The lowest BCUT2D eigenvalue weighted by Gasteiger charge is -2.30. The van der Waals surface area contributed by atoms with Gasteiger partial charge >= 0.3 is 11.8 Å². The van der Waals surface area contributed by atoms with E-state index in [1.54, 1.807) is 0 Å². The van der Waals surface area contributed by atoms with Gasteiger partial charge in [0.25, 0.3) is 0 Å². The molecular weight excluding hydrogens is 458 g/mol. The fraction of sp³-hybridized carbons (Fsp3) is 0.250. The maximum atomic E-state index is 14.2. The Morgan fingerprint density at radius 2 is 0.600 bits per heavy atom. The zero-order valence-corrected chi connectivity index (χ0v) is 13.4. The Labute approximate surface area is 155 Å². The molecule has 0 N–H and O–H groups in total. The van der Waals surface area contributed by atoms with Crippen LogP contribution in [0.5, 0.6) is 0 Å². The highest BCUT2D eigenvalue weighted by molar-refractivity contribution is 5.42. The minimum absolute atomic E-state index is 2.70. The summed E-state index contributed by atoms with van der Waals surface area (Å²) in [5.74, 6) is -39.1. The normalized spacial score (nSPS) is 22.2. The number of hydrogen-bond donors (Lipinski definition) is 0. The Bertz CT molecular complexity index is 929. The summed E-state index contributed by atoms with van der Waals surface area (Å²) in [5.41, 5.74) is -12.4. The predicted octanol–water partition coefficient (Wildman–Crippen LogP) is 6.72. The maximum Gasteiger partial charge on any atom is 0.345 e. The monoisotopic (exact) mass is 460 g/mol. The molecule has 14 heteroatoms. The molecule has 4 aliphatic carbocycles. The van der Waals surface area contributed by atoms with E-state index in [1.165, 1.54) is 0 Å². The van der Waals surface area contributed by atoms with Crippen molar-refractivity contribution in [2.45, 2.75) is 24.2 Å². The first-order valence-electron chi connectivity index (χ1n) is 7.36. The van der Waals surface area contributed by atoms with E-state index in [0.717, 1.165) is 0 Å². The lowest BCUT2D eigenvalue weighted by molar-refractivity contribution is -0.230. The van der Waals surface area contributed by atoms with Crippen LogP contribution >= 0.6 is 0 Å². The molecule has 0 radical (unpaired) electrons. The molecule has 0 spiro atoms. The minimum atomic E-state index is -6.58. The SMILES string of the molecule is Fc1c(F)c2c(F)c(F)c1C(F)C(F)c1c(F)c(F)c(c(F)c1F)C(F)(F)C2(F)F. The summed E-state index contributed by atoms with van der Waals surface area (Å²) >= 11 is 0. The van der Waals surface area contributed by atoms with Gasteiger partial charge < -0.3 is 0 Å². The molecule has 0 amide bonds. The molecule has 2 aromatic rings. The van der Waals surface area contributed by atoms with Crippen LogP contribution < -0.4 is 0 Å². The summed E-state index contributed by atoms with van der Waals surface area (Å²) in [7, 11) is 0. The molecule has 0 heterocycles. The second-order valence-electron chi connectivity index (χ2n) is 6.04. The van der Waals surface area contributed by atoms with Crippen LogP contribution in [0.25, 0.3) is 0 Å². The van der Waals surface area contributed by atoms with Crippen LogP contribution in [0.15, 0.2) is 0 Å². The highest BCUT2D eigenvalue weighted by atomic mass is 19.3. The molecule has 0 saturated heterocycles. The van der Waals surface area contributed by atoms with Crippen LogP contribution in [0.2, 0.25) is 0 Å². The fourth-order valence-electron chi connectivity index (χ4n) is 2.94. The molecule has 164 valence electrons. The number of alkyl halides is 6. The largest absolute Gasteiger partial charge is 0.345 e. The lowest BCUT2D eigenvalue weighted by Crippen LogP contribution is -2.40. The van der Waals surface area contributed by atoms with Crippen LogP contribution in [-0.4, -0.2) is 0 Å². The molecule has 2 aromatic carbocycles. The van der Waals surface area contributed by atoms with Crippen molar-refractivity contribution in [3.63, 3.8) is 0 Å². The van der Waals surface area contributed by atoms with Crippen molar-refractivity contribution >= 4 is 0 Å². The molecule has 2 atom stereocenters. The lowest BCUT2D eigenvalue weighted by atomic mass is 9.88. The zero-order valence-electron chi connectivity index (χ0n) is 13.4. The molecule has 0 aliphatic heterocycles. The Hall–Kier alpha value is -2.54. The third-order valence-electron chi connectivity index (χ3n) is 4.43. The Kier molecular flexibility index (Phi) is 4.78. The van der Waals surface area contributed by atoms with E-state index in [2.05, 4.69) is 0 Å². The molecule has 6 rings (SSSR count). The molecule has 2 unspecified atom stereocenters. The van der Waals surface area contributed by atoms with E-state index in [4.69, 9.17) is 0 Å². The number of halogens is 14. The molecule has 0 saturated carbocycles. The first kappa shape index (κ1) is 22.2. The summed E-state index contributed by atoms with van der Waals surface area (Å²) in [5, 5.41) is 0. The van der Waals surface area contributed by atoms with Gasteiger partial charge in [-0.25, -0.2) is 43.9 Å². The summed E-state index contributed by atoms with van der Waals surface area (Å²) < 4.78 is 197. The fourth-order valence-corrected chi connectivity index (χ4v) is 2.94. The summed E-state index contributed by atoms with van der Waals surface area (Å²) in [6.45, 7) is 0. The number of rotatable bonds is 0. The van der Waals surface area contributed by atoms with Crippen LogP contribution in [0.1, 0.15) is 34.6 Å². The van der Waals surface area contributed by atoms with Crippen molar-refractivity contribution in [3.8, 4) is 0 Å². The van der Waals surface area contributed by atoms with Gasteiger partial charge in [-0.3, -0.25) is 0 Å². The first-order valence-corrected chi connectivity index (χ1v) is 7.36. The summed E-state index contributed by atoms with van der Waals surface area (Å²) in [6.07, 6.45) is -8.30.